The molecule has 0 aliphatic rings. The van der Waals surface area contributed by atoms with Crippen molar-refractivity contribution in [3.63, 3.8) is 0 Å². The van der Waals surface area contributed by atoms with Crippen LogP contribution in [0.1, 0.15) is 57.5 Å². The Hall–Kier alpha value is -2.54. The molecule has 2 aromatic rings. The molecule has 0 aliphatic carbocycles. The van der Waals surface area contributed by atoms with Gasteiger partial charge in [0.05, 0.1) is 18.7 Å². The van der Waals surface area contributed by atoms with Crippen molar-refractivity contribution in [3.8, 4) is 0 Å². The van der Waals surface area contributed by atoms with Gasteiger partial charge in [0.2, 0.25) is 0 Å². The minimum absolute atomic E-state index is 0.0389. The average Bonchev–Trinajstić information content (AvgIpc) is 3.14. The second-order valence-electron chi connectivity index (χ2n) is 6.79. The van der Waals surface area contributed by atoms with Gasteiger partial charge in [-0.25, -0.2) is 4.79 Å². The van der Waals surface area contributed by atoms with Crippen LogP contribution in [0.15, 0.2) is 16.5 Å². The first-order chi connectivity index (χ1) is 12.8. The van der Waals surface area contributed by atoms with Gasteiger partial charge in [0, 0.05) is 18.8 Å². The maximum absolute atomic E-state index is 13.1. The normalized spacial score (nSPS) is 11.1. The van der Waals surface area contributed by atoms with Gasteiger partial charge >= 0.3 is 5.97 Å². The Bertz CT molecular complexity index is 803. The number of hydrogen-bond donors (Lipinski definition) is 1. The molecule has 27 heavy (non-hydrogen) atoms. The van der Waals surface area contributed by atoms with Gasteiger partial charge in [-0.2, -0.15) is 0 Å². The van der Waals surface area contributed by atoms with Gasteiger partial charge in [-0.15, -0.1) is 0 Å². The minimum atomic E-state index is -0.463. The number of nitrogens with zero attached hydrogens (tertiary/aromatic N) is 1. The van der Waals surface area contributed by atoms with Crippen molar-refractivity contribution in [1.29, 1.82) is 0 Å². The Kier molecular flexibility index (Phi) is 6.85. The number of furan rings is 1. The molecule has 0 fully saturated rings. The van der Waals surface area contributed by atoms with Gasteiger partial charge in [-0.3, -0.25) is 4.79 Å². The summed E-state index contributed by atoms with van der Waals surface area (Å²) in [6, 6.07) is 3.70. The molecule has 0 atom stereocenters. The Morgan fingerprint density at radius 1 is 1.19 bits per heavy atom. The molecule has 7 nitrogen and oxygen atoms in total. The van der Waals surface area contributed by atoms with Crippen LogP contribution in [0, 0.1) is 20.8 Å². The van der Waals surface area contributed by atoms with E-state index < -0.39 is 5.97 Å². The second-order valence-corrected chi connectivity index (χ2v) is 6.79. The van der Waals surface area contributed by atoms with Crippen molar-refractivity contribution in [3.05, 3.63) is 46.2 Å². The number of rotatable bonds is 8. The summed E-state index contributed by atoms with van der Waals surface area (Å²) in [6.45, 7) is 10.1. The van der Waals surface area contributed by atoms with Crippen LogP contribution in [-0.2, 0) is 16.0 Å². The Balaban J connectivity index is 2.25. The van der Waals surface area contributed by atoms with E-state index in [1.807, 2.05) is 32.9 Å². The van der Waals surface area contributed by atoms with Gasteiger partial charge in [0.25, 0.3) is 5.91 Å². The molecule has 0 aliphatic heterocycles. The predicted molar refractivity (Wildman–Crippen MR) is 101 cm³/mol. The van der Waals surface area contributed by atoms with Gasteiger partial charge in [0.15, 0.2) is 0 Å². The highest BCUT2D eigenvalue weighted by Crippen LogP contribution is 2.22. The van der Waals surface area contributed by atoms with Crippen molar-refractivity contribution in [2.45, 2.75) is 47.2 Å². The summed E-state index contributed by atoms with van der Waals surface area (Å²) in [5.74, 6) is 0.870. The van der Waals surface area contributed by atoms with E-state index in [1.54, 1.807) is 25.9 Å². The second kappa shape index (κ2) is 8.90. The number of carbonyl (C=O) groups excluding carboxylic acids is 2. The molecule has 0 bridgehead atoms. The van der Waals surface area contributed by atoms with E-state index in [4.69, 9.17) is 13.9 Å². The first-order valence-corrected chi connectivity index (χ1v) is 8.97. The molecule has 2 rings (SSSR count). The van der Waals surface area contributed by atoms with Crippen molar-refractivity contribution < 1.29 is 23.5 Å². The number of esters is 1. The smallest absolute Gasteiger partial charge is 0.340 e. The summed E-state index contributed by atoms with van der Waals surface area (Å²) in [5, 5.41) is 0. The fourth-order valence-corrected chi connectivity index (χ4v) is 2.93. The standard InChI is InChI=1S/C20H28N2O5/c1-12(2)22(11-16-8-7-13(3)27-16)19(23)18-14(4)17(15(5)21-18)20(24)26-10-9-25-6/h7-8,12,21H,9-11H2,1-6H3. The van der Waals surface area contributed by atoms with Gasteiger partial charge in [-0.1, -0.05) is 0 Å². The summed E-state index contributed by atoms with van der Waals surface area (Å²) in [4.78, 5) is 30.3. The highest BCUT2D eigenvalue weighted by atomic mass is 16.6. The summed E-state index contributed by atoms with van der Waals surface area (Å²) in [6.07, 6.45) is 0. The van der Waals surface area contributed by atoms with E-state index in [2.05, 4.69) is 4.98 Å². The van der Waals surface area contributed by atoms with Gasteiger partial charge in [0.1, 0.15) is 23.8 Å². The third kappa shape index (κ3) is 4.80. The average molecular weight is 376 g/mol. The number of nitrogens with one attached hydrogen (secondary N) is 1. The van der Waals surface area contributed by atoms with E-state index in [0.717, 1.165) is 11.5 Å². The van der Waals surface area contributed by atoms with Gasteiger partial charge in [-0.05, 0) is 52.3 Å². The first kappa shape index (κ1) is 20.8. The third-order valence-electron chi connectivity index (χ3n) is 4.38. The summed E-state index contributed by atoms with van der Waals surface area (Å²) in [5.41, 5.74) is 1.98. The number of aryl methyl sites for hydroxylation is 2. The van der Waals surface area contributed by atoms with Crippen LogP contribution in [0.2, 0.25) is 0 Å². The zero-order chi connectivity index (χ0) is 20.1. The van der Waals surface area contributed by atoms with Crippen molar-refractivity contribution in [1.82, 2.24) is 9.88 Å². The quantitative estimate of drug-likeness (QED) is 0.564. The number of aromatic amines is 1. The lowest BCUT2D eigenvalue weighted by Gasteiger charge is -2.25. The topological polar surface area (TPSA) is 84.8 Å². The number of methoxy groups -OCH3 is 1. The monoisotopic (exact) mass is 376 g/mol. The number of amides is 1. The summed E-state index contributed by atoms with van der Waals surface area (Å²) < 4.78 is 15.7. The van der Waals surface area contributed by atoms with Crippen LogP contribution in [0.25, 0.3) is 0 Å². The predicted octanol–water partition coefficient (Wildman–Crippen LogP) is 3.39. The number of carbonyl (C=O) groups is 2. The minimum Gasteiger partial charge on any atom is -0.464 e. The molecule has 0 aromatic carbocycles. The first-order valence-electron chi connectivity index (χ1n) is 8.97. The molecular weight excluding hydrogens is 348 g/mol. The zero-order valence-electron chi connectivity index (χ0n) is 16.8. The number of hydrogen-bond acceptors (Lipinski definition) is 5. The molecule has 1 N–H and O–H groups in total. The molecule has 0 radical (unpaired) electrons. The van der Waals surface area contributed by atoms with Crippen LogP contribution in [0.4, 0.5) is 0 Å². The lowest BCUT2D eigenvalue weighted by atomic mass is 10.1. The fraction of sp³-hybridized carbons (Fsp3) is 0.500. The molecule has 0 saturated carbocycles. The van der Waals surface area contributed by atoms with E-state index in [0.29, 0.717) is 35.7 Å². The molecular formula is C20H28N2O5. The van der Waals surface area contributed by atoms with E-state index >= 15 is 0 Å². The molecule has 148 valence electrons. The van der Waals surface area contributed by atoms with Crippen molar-refractivity contribution >= 4 is 11.9 Å². The molecule has 2 heterocycles. The van der Waals surface area contributed by atoms with Crippen LogP contribution >= 0.6 is 0 Å². The summed E-state index contributed by atoms with van der Waals surface area (Å²) >= 11 is 0. The SMILES string of the molecule is COCCOC(=O)c1c(C)[nH]c(C(=O)N(Cc2ccc(C)o2)C(C)C)c1C. The zero-order valence-corrected chi connectivity index (χ0v) is 16.8. The molecule has 2 aromatic heterocycles. The maximum atomic E-state index is 13.1. The lowest BCUT2D eigenvalue weighted by Crippen LogP contribution is -2.36. The van der Waals surface area contributed by atoms with Crippen LogP contribution in [0.5, 0.6) is 0 Å². The van der Waals surface area contributed by atoms with E-state index in [-0.39, 0.29) is 18.6 Å². The molecule has 7 heteroatoms. The number of H-pyrrole nitrogens is 1. The molecule has 0 unspecified atom stereocenters. The highest BCUT2D eigenvalue weighted by Gasteiger charge is 2.27. The van der Waals surface area contributed by atoms with Crippen LogP contribution in [-0.4, -0.2) is 48.1 Å². The summed E-state index contributed by atoms with van der Waals surface area (Å²) in [7, 11) is 1.54. The molecule has 1 amide bonds. The number of aromatic nitrogens is 1. The Morgan fingerprint density at radius 2 is 1.89 bits per heavy atom. The molecule has 0 saturated heterocycles. The van der Waals surface area contributed by atoms with Crippen molar-refractivity contribution in [2.75, 3.05) is 20.3 Å². The van der Waals surface area contributed by atoms with Gasteiger partial charge < -0.3 is 23.8 Å². The third-order valence-corrected chi connectivity index (χ3v) is 4.38. The Labute approximate surface area is 159 Å². The van der Waals surface area contributed by atoms with E-state index in [1.165, 1.54) is 0 Å². The highest BCUT2D eigenvalue weighted by molar-refractivity contribution is 6.00. The lowest BCUT2D eigenvalue weighted by molar-refractivity contribution is 0.0387. The Morgan fingerprint density at radius 3 is 2.44 bits per heavy atom. The largest absolute Gasteiger partial charge is 0.464 e. The number of ether oxygens (including phenoxy) is 2. The van der Waals surface area contributed by atoms with Crippen molar-refractivity contribution in [2.24, 2.45) is 0 Å². The van der Waals surface area contributed by atoms with Crippen LogP contribution < -0.4 is 0 Å². The van der Waals surface area contributed by atoms with E-state index in [9.17, 15) is 9.59 Å². The fourth-order valence-electron chi connectivity index (χ4n) is 2.93. The molecule has 0 spiro atoms. The maximum Gasteiger partial charge on any atom is 0.340 e. The van der Waals surface area contributed by atoms with Crippen LogP contribution in [0.3, 0.4) is 0 Å².